The minimum Gasteiger partial charge on any atom is -0.390 e. The quantitative estimate of drug-likeness (QED) is 0.801. The summed E-state index contributed by atoms with van der Waals surface area (Å²) in [6.45, 7) is 5.19. The van der Waals surface area contributed by atoms with Gasteiger partial charge in [-0.2, -0.15) is 0 Å². The van der Waals surface area contributed by atoms with Crippen molar-refractivity contribution in [2.45, 2.75) is 70.5 Å². The lowest BCUT2D eigenvalue weighted by molar-refractivity contribution is -0.117. The molecule has 2 rings (SSSR count). The van der Waals surface area contributed by atoms with Gasteiger partial charge in [-0.1, -0.05) is 32.6 Å². The van der Waals surface area contributed by atoms with Gasteiger partial charge in [0.2, 0.25) is 0 Å². The van der Waals surface area contributed by atoms with Crippen molar-refractivity contribution in [2.24, 2.45) is 11.8 Å². The highest BCUT2D eigenvalue weighted by atomic mass is 16.5. The molecule has 4 unspecified atom stereocenters. The van der Waals surface area contributed by atoms with Crippen molar-refractivity contribution in [2.75, 3.05) is 6.61 Å². The van der Waals surface area contributed by atoms with Crippen molar-refractivity contribution in [1.82, 2.24) is 0 Å². The second-order valence-corrected chi connectivity index (χ2v) is 5.83. The highest BCUT2D eigenvalue weighted by Crippen LogP contribution is 2.41. The van der Waals surface area contributed by atoms with Crippen LogP contribution in [-0.2, 0) is 4.74 Å². The first-order chi connectivity index (χ1) is 7.67. The SMILES string of the molecule is CCC1CCCCC1C(O)C1(C)CCCO1. The minimum absolute atomic E-state index is 0.250. The van der Waals surface area contributed by atoms with Crippen molar-refractivity contribution >= 4 is 0 Å². The number of hydrogen-bond donors (Lipinski definition) is 1. The van der Waals surface area contributed by atoms with Crippen LogP contribution in [0.5, 0.6) is 0 Å². The molecule has 2 fully saturated rings. The molecule has 0 spiro atoms. The van der Waals surface area contributed by atoms with Gasteiger partial charge in [-0.3, -0.25) is 0 Å². The molecule has 4 atom stereocenters. The van der Waals surface area contributed by atoms with Gasteiger partial charge in [-0.15, -0.1) is 0 Å². The summed E-state index contributed by atoms with van der Waals surface area (Å²) in [5, 5.41) is 10.6. The third kappa shape index (κ3) is 2.28. The first-order valence-electron chi connectivity index (χ1n) is 6.99. The van der Waals surface area contributed by atoms with Crippen molar-refractivity contribution in [3.8, 4) is 0 Å². The molecule has 1 saturated carbocycles. The number of aliphatic hydroxyl groups is 1. The van der Waals surface area contributed by atoms with E-state index >= 15 is 0 Å². The first-order valence-corrected chi connectivity index (χ1v) is 6.99. The summed E-state index contributed by atoms with van der Waals surface area (Å²) in [6.07, 6.45) is 8.22. The number of ether oxygens (including phenoxy) is 1. The number of hydrogen-bond acceptors (Lipinski definition) is 2. The van der Waals surface area contributed by atoms with E-state index in [0.717, 1.165) is 19.4 Å². The molecule has 0 bridgehead atoms. The van der Waals surface area contributed by atoms with Crippen molar-refractivity contribution < 1.29 is 9.84 Å². The Bertz CT molecular complexity index is 221. The maximum atomic E-state index is 10.6. The van der Waals surface area contributed by atoms with Crippen LogP contribution in [0.3, 0.4) is 0 Å². The summed E-state index contributed by atoms with van der Waals surface area (Å²) in [5.41, 5.74) is -0.255. The molecule has 0 aromatic heterocycles. The van der Waals surface area contributed by atoms with Gasteiger partial charge in [0.05, 0.1) is 11.7 Å². The van der Waals surface area contributed by atoms with Crippen molar-refractivity contribution in [1.29, 1.82) is 0 Å². The third-order valence-corrected chi connectivity index (χ3v) is 4.77. The Labute approximate surface area is 99.4 Å². The van der Waals surface area contributed by atoms with Crippen molar-refractivity contribution in [3.63, 3.8) is 0 Å². The Morgan fingerprint density at radius 3 is 2.69 bits per heavy atom. The van der Waals surface area contributed by atoms with Gasteiger partial charge < -0.3 is 9.84 Å². The minimum atomic E-state index is -0.255. The number of aliphatic hydroxyl groups excluding tert-OH is 1. The van der Waals surface area contributed by atoms with Crippen LogP contribution in [-0.4, -0.2) is 23.4 Å². The van der Waals surface area contributed by atoms with E-state index in [2.05, 4.69) is 13.8 Å². The standard InChI is InChI=1S/C14H26O2/c1-3-11-7-4-5-8-12(11)13(15)14(2)9-6-10-16-14/h11-13,15H,3-10H2,1-2H3. The van der Waals surface area contributed by atoms with E-state index in [1.54, 1.807) is 0 Å². The molecular formula is C14H26O2. The van der Waals surface area contributed by atoms with Crippen LogP contribution in [0.15, 0.2) is 0 Å². The van der Waals surface area contributed by atoms with Crippen LogP contribution in [0, 0.1) is 11.8 Å². The molecule has 0 aromatic carbocycles. The van der Waals surface area contributed by atoms with Crippen LogP contribution >= 0.6 is 0 Å². The van der Waals surface area contributed by atoms with Crippen LogP contribution in [0.25, 0.3) is 0 Å². The Balaban J connectivity index is 2.03. The van der Waals surface area contributed by atoms with Gasteiger partial charge in [-0.25, -0.2) is 0 Å². The van der Waals surface area contributed by atoms with E-state index in [-0.39, 0.29) is 11.7 Å². The fraction of sp³-hybridized carbons (Fsp3) is 1.00. The Kier molecular flexibility index (Phi) is 3.91. The zero-order valence-corrected chi connectivity index (χ0v) is 10.7. The topological polar surface area (TPSA) is 29.5 Å². The molecular weight excluding hydrogens is 200 g/mol. The average Bonchev–Trinajstić information content (AvgIpc) is 2.76. The van der Waals surface area contributed by atoms with Crippen LogP contribution in [0.4, 0.5) is 0 Å². The lowest BCUT2D eigenvalue weighted by Crippen LogP contribution is -2.46. The van der Waals surface area contributed by atoms with Crippen LogP contribution < -0.4 is 0 Å². The molecule has 16 heavy (non-hydrogen) atoms. The normalized spacial score (nSPS) is 42.2. The molecule has 0 aromatic rings. The summed E-state index contributed by atoms with van der Waals surface area (Å²) in [4.78, 5) is 0. The maximum absolute atomic E-state index is 10.6. The molecule has 1 aliphatic heterocycles. The van der Waals surface area contributed by atoms with Crippen molar-refractivity contribution in [3.05, 3.63) is 0 Å². The lowest BCUT2D eigenvalue weighted by atomic mass is 9.71. The maximum Gasteiger partial charge on any atom is 0.0915 e. The van der Waals surface area contributed by atoms with Gasteiger partial charge in [0, 0.05) is 6.61 Å². The first kappa shape index (κ1) is 12.4. The zero-order valence-electron chi connectivity index (χ0n) is 10.7. The van der Waals surface area contributed by atoms with Gasteiger partial charge in [-0.05, 0) is 38.0 Å². The van der Waals surface area contributed by atoms with E-state index in [9.17, 15) is 5.11 Å². The summed E-state index contributed by atoms with van der Waals surface area (Å²) in [5.74, 6) is 1.19. The average molecular weight is 226 g/mol. The third-order valence-electron chi connectivity index (χ3n) is 4.77. The number of rotatable bonds is 3. The molecule has 1 aliphatic carbocycles. The van der Waals surface area contributed by atoms with Gasteiger partial charge >= 0.3 is 0 Å². The molecule has 2 heteroatoms. The monoisotopic (exact) mass is 226 g/mol. The van der Waals surface area contributed by atoms with E-state index in [0.29, 0.717) is 11.8 Å². The molecule has 94 valence electrons. The summed E-state index contributed by atoms with van der Waals surface area (Å²) in [6, 6.07) is 0. The molecule has 1 saturated heterocycles. The fourth-order valence-electron chi connectivity index (χ4n) is 3.65. The second-order valence-electron chi connectivity index (χ2n) is 5.83. The van der Waals surface area contributed by atoms with E-state index in [1.165, 1.54) is 32.1 Å². The Morgan fingerprint density at radius 2 is 2.06 bits per heavy atom. The van der Waals surface area contributed by atoms with Gasteiger partial charge in [0.15, 0.2) is 0 Å². The molecule has 0 amide bonds. The summed E-state index contributed by atoms with van der Waals surface area (Å²) in [7, 11) is 0. The summed E-state index contributed by atoms with van der Waals surface area (Å²) >= 11 is 0. The predicted molar refractivity (Wildman–Crippen MR) is 65.3 cm³/mol. The van der Waals surface area contributed by atoms with Crippen LogP contribution in [0.2, 0.25) is 0 Å². The highest BCUT2D eigenvalue weighted by molar-refractivity contribution is 4.94. The summed E-state index contributed by atoms with van der Waals surface area (Å²) < 4.78 is 5.80. The van der Waals surface area contributed by atoms with E-state index in [1.807, 2.05) is 0 Å². The van der Waals surface area contributed by atoms with Crippen LogP contribution in [0.1, 0.15) is 58.8 Å². The molecule has 1 heterocycles. The van der Waals surface area contributed by atoms with E-state index < -0.39 is 0 Å². The Hall–Kier alpha value is -0.0800. The lowest BCUT2D eigenvalue weighted by Gasteiger charge is -2.41. The molecule has 0 radical (unpaired) electrons. The second kappa shape index (κ2) is 5.05. The molecule has 2 nitrogen and oxygen atoms in total. The predicted octanol–water partition coefficient (Wildman–Crippen LogP) is 3.13. The van der Waals surface area contributed by atoms with Gasteiger partial charge in [0.25, 0.3) is 0 Å². The smallest absolute Gasteiger partial charge is 0.0915 e. The zero-order chi connectivity index (χ0) is 11.6. The highest BCUT2D eigenvalue weighted by Gasteiger charge is 2.44. The van der Waals surface area contributed by atoms with E-state index in [4.69, 9.17) is 4.74 Å². The fourth-order valence-corrected chi connectivity index (χ4v) is 3.65. The Morgan fingerprint density at radius 1 is 1.31 bits per heavy atom. The molecule has 1 N–H and O–H groups in total. The van der Waals surface area contributed by atoms with Gasteiger partial charge in [0.1, 0.15) is 0 Å². The molecule has 2 aliphatic rings. The largest absolute Gasteiger partial charge is 0.390 e.